The summed E-state index contributed by atoms with van der Waals surface area (Å²) in [6.07, 6.45) is 1.56. The molecule has 0 aliphatic heterocycles. The van der Waals surface area contributed by atoms with E-state index < -0.39 is 0 Å². The van der Waals surface area contributed by atoms with E-state index in [9.17, 15) is 9.59 Å². The number of aromatic nitrogens is 3. The lowest BCUT2D eigenvalue weighted by Crippen LogP contribution is -2.26. The van der Waals surface area contributed by atoms with Gasteiger partial charge in [-0.3, -0.25) is 19.7 Å². The highest BCUT2D eigenvalue weighted by molar-refractivity contribution is 6.06. The SMILES string of the molecule is COc1ccc(-n2[nH]c3c(cnc4ccc(C(=O)NC(C)c5ccccc5)cc43)c2=O)cc1. The van der Waals surface area contributed by atoms with Crippen molar-refractivity contribution in [2.24, 2.45) is 0 Å². The number of fused-ring (bicyclic) bond motifs is 3. The van der Waals surface area contributed by atoms with Crippen molar-refractivity contribution >= 4 is 27.7 Å². The van der Waals surface area contributed by atoms with Gasteiger partial charge in [0, 0.05) is 17.1 Å². The molecule has 1 unspecified atom stereocenters. The molecule has 33 heavy (non-hydrogen) atoms. The summed E-state index contributed by atoms with van der Waals surface area (Å²) in [5.74, 6) is 0.512. The van der Waals surface area contributed by atoms with Crippen LogP contribution >= 0.6 is 0 Å². The number of carbonyl (C=O) groups excluding carboxylic acids is 1. The molecule has 3 aromatic carbocycles. The Balaban J connectivity index is 1.54. The molecule has 0 aliphatic rings. The summed E-state index contributed by atoms with van der Waals surface area (Å²) in [6.45, 7) is 1.94. The van der Waals surface area contributed by atoms with E-state index in [2.05, 4.69) is 15.4 Å². The van der Waals surface area contributed by atoms with Gasteiger partial charge in [0.15, 0.2) is 0 Å². The van der Waals surface area contributed by atoms with Gasteiger partial charge in [0.1, 0.15) is 5.75 Å². The Morgan fingerprint density at radius 3 is 2.52 bits per heavy atom. The van der Waals surface area contributed by atoms with Crippen molar-refractivity contribution in [3.8, 4) is 11.4 Å². The average molecular weight is 438 g/mol. The fourth-order valence-electron chi connectivity index (χ4n) is 3.92. The van der Waals surface area contributed by atoms with Crippen LogP contribution in [0.15, 0.2) is 83.8 Å². The minimum atomic E-state index is -0.211. The van der Waals surface area contributed by atoms with E-state index in [1.54, 1.807) is 55.8 Å². The van der Waals surface area contributed by atoms with Crippen molar-refractivity contribution in [1.82, 2.24) is 20.1 Å². The first-order valence-corrected chi connectivity index (χ1v) is 10.6. The zero-order valence-electron chi connectivity index (χ0n) is 18.2. The molecule has 0 fully saturated rings. The highest BCUT2D eigenvalue weighted by Crippen LogP contribution is 2.23. The van der Waals surface area contributed by atoms with Gasteiger partial charge in [-0.25, -0.2) is 4.68 Å². The van der Waals surface area contributed by atoms with Crippen molar-refractivity contribution in [2.45, 2.75) is 13.0 Å². The third-order valence-electron chi connectivity index (χ3n) is 5.77. The standard InChI is InChI=1S/C26H22N4O3/c1-16(17-6-4-3-5-7-17)28-25(31)18-8-13-23-21(14-18)24-22(15-27-23)26(32)30(29-24)19-9-11-20(33-2)12-10-19/h3-16,29H,1-2H3,(H,28,31). The van der Waals surface area contributed by atoms with Crippen LogP contribution in [0, 0.1) is 0 Å². The number of methoxy groups -OCH3 is 1. The summed E-state index contributed by atoms with van der Waals surface area (Å²) >= 11 is 0. The number of hydrogen-bond acceptors (Lipinski definition) is 4. The normalized spacial score (nSPS) is 12.1. The number of carbonyl (C=O) groups is 1. The van der Waals surface area contributed by atoms with Crippen LogP contribution in [0.25, 0.3) is 27.5 Å². The predicted octanol–water partition coefficient (Wildman–Crippen LogP) is 4.37. The molecule has 0 saturated carbocycles. The summed E-state index contributed by atoms with van der Waals surface area (Å²) in [6, 6.07) is 22.1. The molecule has 2 heterocycles. The maximum atomic E-state index is 13.0. The third-order valence-corrected chi connectivity index (χ3v) is 5.77. The number of hydrogen-bond donors (Lipinski definition) is 2. The minimum Gasteiger partial charge on any atom is -0.497 e. The van der Waals surface area contributed by atoms with E-state index in [0.717, 1.165) is 5.56 Å². The predicted molar refractivity (Wildman–Crippen MR) is 128 cm³/mol. The van der Waals surface area contributed by atoms with Crippen molar-refractivity contribution in [1.29, 1.82) is 0 Å². The molecule has 5 aromatic rings. The van der Waals surface area contributed by atoms with Crippen LogP contribution in [0.2, 0.25) is 0 Å². The molecule has 0 aliphatic carbocycles. The second-order valence-corrected chi connectivity index (χ2v) is 7.84. The zero-order valence-corrected chi connectivity index (χ0v) is 18.2. The molecule has 0 radical (unpaired) electrons. The monoisotopic (exact) mass is 438 g/mol. The molecule has 0 bridgehead atoms. The first-order chi connectivity index (χ1) is 16.0. The van der Waals surface area contributed by atoms with E-state index in [-0.39, 0.29) is 17.5 Å². The van der Waals surface area contributed by atoms with Gasteiger partial charge in [0.05, 0.1) is 35.3 Å². The lowest BCUT2D eigenvalue weighted by Gasteiger charge is -2.14. The topological polar surface area (TPSA) is 89.0 Å². The van der Waals surface area contributed by atoms with Crippen LogP contribution in [-0.2, 0) is 0 Å². The van der Waals surface area contributed by atoms with E-state index in [1.165, 1.54) is 4.68 Å². The van der Waals surface area contributed by atoms with Crippen molar-refractivity contribution in [2.75, 3.05) is 7.11 Å². The maximum absolute atomic E-state index is 13.0. The van der Waals surface area contributed by atoms with E-state index in [0.29, 0.717) is 38.8 Å². The average Bonchev–Trinajstić information content (AvgIpc) is 3.21. The smallest absolute Gasteiger partial charge is 0.280 e. The maximum Gasteiger partial charge on any atom is 0.280 e. The van der Waals surface area contributed by atoms with Crippen molar-refractivity contribution in [3.63, 3.8) is 0 Å². The Kier molecular flexibility index (Phi) is 5.14. The molecule has 0 spiro atoms. The first-order valence-electron chi connectivity index (χ1n) is 10.6. The lowest BCUT2D eigenvalue weighted by atomic mass is 10.1. The Morgan fingerprint density at radius 2 is 1.79 bits per heavy atom. The highest BCUT2D eigenvalue weighted by Gasteiger charge is 2.16. The molecule has 1 atom stereocenters. The van der Waals surface area contributed by atoms with Gasteiger partial charge < -0.3 is 10.1 Å². The molecular formula is C26H22N4O3. The third kappa shape index (κ3) is 3.74. The number of pyridine rings is 1. The largest absolute Gasteiger partial charge is 0.497 e. The molecule has 0 saturated heterocycles. The molecule has 2 N–H and O–H groups in total. The number of benzene rings is 3. The molecule has 164 valence electrons. The Labute approximate surface area is 189 Å². The molecule has 2 aromatic heterocycles. The number of H-pyrrole nitrogens is 1. The van der Waals surface area contributed by atoms with E-state index >= 15 is 0 Å². The summed E-state index contributed by atoms with van der Waals surface area (Å²) in [5.41, 5.74) is 3.31. The number of nitrogens with zero attached hydrogens (tertiary/aromatic N) is 2. The van der Waals surface area contributed by atoms with Gasteiger partial charge in [-0.1, -0.05) is 30.3 Å². The van der Waals surface area contributed by atoms with Crippen LogP contribution < -0.4 is 15.6 Å². The van der Waals surface area contributed by atoms with Crippen LogP contribution in [0.3, 0.4) is 0 Å². The fourth-order valence-corrected chi connectivity index (χ4v) is 3.92. The second kappa shape index (κ2) is 8.27. The number of nitrogens with one attached hydrogen (secondary N) is 2. The summed E-state index contributed by atoms with van der Waals surface area (Å²) in [5, 5.41) is 7.37. The molecule has 5 rings (SSSR count). The van der Waals surface area contributed by atoms with Gasteiger partial charge in [-0.15, -0.1) is 0 Å². The van der Waals surface area contributed by atoms with Gasteiger partial charge in [-0.2, -0.15) is 0 Å². The fraction of sp³-hybridized carbons (Fsp3) is 0.115. The van der Waals surface area contributed by atoms with Gasteiger partial charge in [0.25, 0.3) is 11.5 Å². The van der Waals surface area contributed by atoms with Crippen molar-refractivity contribution in [3.05, 3.63) is 100 Å². The minimum absolute atomic E-state index is 0.140. The van der Waals surface area contributed by atoms with Crippen molar-refractivity contribution < 1.29 is 9.53 Å². The van der Waals surface area contributed by atoms with Crippen LogP contribution in [-0.4, -0.2) is 27.8 Å². The van der Waals surface area contributed by atoms with E-state index in [1.807, 2.05) is 37.3 Å². The molecule has 7 nitrogen and oxygen atoms in total. The first kappa shape index (κ1) is 20.5. The number of aromatic amines is 1. The molecule has 7 heteroatoms. The summed E-state index contributed by atoms with van der Waals surface area (Å²) in [7, 11) is 1.59. The van der Waals surface area contributed by atoms with Crippen LogP contribution in [0.1, 0.15) is 28.9 Å². The van der Waals surface area contributed by atoms with Crippen LogP contribution in [0.4, 0.5) is 0 Å². The number of rotatable bonds is 5. The highest BCUT2D eigenvalue weighted by atomic mass is 16.5. The summed E-state index contributed by atoms with van der Waals surface area (Å²) in [4.78, 5) is 30.4. The quantitative estimate of drug-likeness (QED) is 0.427. The number of amides is 1. The Morgan fingerprint density at radius 1 is 1.03 bits per heavy atom. The van der Waals surface area contributed by atoms with Gasteiger partial charge in [0.2, 0.25) is 0 Å². The summed E-state index contributed by atoms with van der Waals surface area (Å²) < 4.78 is 6.67. The Bertz CT molecular complexity index is 1520. The van der Waals surface area contributed by atoms with E-state index in [4.69, 9.17) is 4.74 Å². The molecular weight excluding hydrogens is 416 g/mol. The van der Waals surface area contributed by atoms with Gasteiger partial charge >= 0.3 is 0 Å². The zero-order chi connectivity index (χ0) is 22.9. The lowest BCUT2D eigenvalue weighted by molar-refractivity contribution is 0.0940. The molecule has 1 amide bonds. The number of ether oxygens (including phenoxy) is 1. The van der Waals surface area contributed by atoms with Gasteiger partial charge in [-0.05, 0) is 55.0 Å². The Hall–Kier alpha value is -4.39. The second-order valence-electron chi connectivity index (χ2n) is 7.84. The van der Waals surface area contributed by atoms with Crippen LogP contribution in [0.5, 0.6) is 5.75 Å².